The fourth-order valence-electron chi connectivity index (χ4n) is 16.2. The standard InChI is InChI=1S/C15H24.2C13H20.3C10H20.12CH3.3Hf/c1-2-3-4-5-8-13-11-12-14-9-6-7-10-15(13)14;1-10(2)9-12-8-7-11-5-3-4-6-13(11)12;1-2-3-6-11-9-10-12-7-4-5-8-13(11)12;3*1-6-7(2)9(4)10(5)8(6)3;;;;;;;;;;;;;;;/h6-7,9-10,13-15H,2-5,8,11-12H2,1H3;3-6,10-13H,7-9H2,1-2H3;4-5,7-8,11-13H,2-3,6,9-10H2,1H3;3*6-10H,1-5H3;12*1H3;;;/q;;;;;;12*-1;3*+4. The fourth-order valence-corrected chi connectivity index (χ4v) is 16.2. The summed E-state index contributed by atoms with van der Waals surface area (Å²) in [6.45, 7) is 45.2. The minimum absolute atomic E-state index is 0. The molecule has 0 aromatic rings. The van der Waals surface area contributed by atoms with Gasteiger partial charge < -0.3 is 89.1 Å². The van der Waals surface area contributed by atoms with Crippen LogP contribution < -0.4 is 0 Å². The SMILES string of the molecule is CC(C)CC1CCC2C=CC=CC21.CC1C(C)C(C)C(C)C1C.CC1C(C)C(C)C(C)C1C.CC1C(C)C(C)C(C)C1C.CCCCC1CCC2C=CC=CC21.CCCCCCC1CCC2C=CC=CC21.[CH3-].[CH3-].[CH3-].[CH3-].[CH3-].[CH3-].[CH3-].[CH3-].[CH3-].[CH3-].[CH3-].[CH3-].[Hf+4].[Hf+4].[Hf+4]. The second kappa shape index (κ2) is 58.6. The van der Waals surface area contributed by atoms with E-state index in [4.69, 9.17) is 0 Å². The Hall–Kier alpha value is 1.05. The van der Waals surface area contributed by atoms with Crippen molar-refractivity contribution in [3.05, 3.63) is 162 Å². The zero-order valence-corrected chi connectivity index (χ0v) is 75.2. The quantitative estimate of drug-likeness (QED) is 0.116. The molecule has 9 aliphatic rings. The van der Waals surface area contributed by atoms with Gasteiger partial charge >= 0.3 is 77.5 Å². The molecule has 6 saturated carbocycles. The van der Waals surface area contributed by atoms with E-state index in [1.165, 1.54) is 96.3 Å². The van der Waals surface area contributed by atoms with Gasteiger partial charge in [-0.05, 0) is 206 Å². The van der Waals surface area contributed by atoms with Crippen molar-refractivity contribution in [2.24, 2.45) is 148 Å². The molecule has 0 nitrogen and oxygen atoms in total. The van der Waals surface area contributed by atoms with Crippen molar-refractivity contribution in [3.8, 4) is 0 Å². The van der Waals surface area contributed by atoms with E-state index in [0.29, 0.717) is 0 Å². The van der Waals surface area contributed by atoms with Gasteiger partial charge in [-0.15, -0.1) is 0 Å². The van der Waals surface area contributed by atoms with Crippen molar-refractivity contribution in [3.63, 3.8) is 0 Å². The van der Waals surface area contributed by atoms with Crippen LogP contribution in [0.4, 0.5) is 0 Å². The van der Waals surface area contributed by atoms with Crippen LogP contribution in [0.15, 0.2) is 72.9 Å². The van der Waals surface area contributed by atoms with Crippen molar-refractivity contribution in [2.75, 3.05) is 0 Å². The smallest absolute Gasteiger partial charge is 0.358 e. The molecule has 3 heteroatoms. The number of hydrogen-bond acceptors (Lipinski definition) is 0. The largest absolute Gasteiger partial charge is 4.00 e. The summed E-state index contributed by atoms with van der Waals surface area (Å²) in [5.74, 6) is 23.1. The Labute approximate surface area is 609 Å². The van der Waals surface area contributed by atoms with Gasteiger partial charge in [-0.1, -0.05) is 243 Å². The molecule has 0 aromatic heterocycles. The Bertz CT molecular complexity index is 1440. The molecule has 0 amide bonds. The van der Waals surface area contributed by atoms with Gasteiger partial charge in [0.2, 0.25) is 0 Å². The van der Waals surface area contributed by atoms with Crippen molar-refractivity contribution in [1.29, 1.82) is 0 Å². The van der Waals surface area contributed by atoms with E-state index < -0.39 is 0 Å². The second-order valence-corrected chi connectivity index (χ2v) is 27.6. The van der Waals surface area contributed by atoms with Gasteiger partial charge in [0.25, 0.3) is 0 Å². The molecule has 9 atom stereocenters. The number of fused-ring (bicyclic) bond motifs is 3. The maximum Gasteiger partial charge on any atom is 4.00 e. The Morgan fingerprint density at radius 3 is 0.709 bits per heavy atom. The van der Waals surface area contributed by atoms with Crippen LogP contribution in [0.2, 0.25) is 0 Å². The van der Waals surface area contributed by atoms with E-state index in [1.807, 2.05) is 0 Å². The zero-order chi connectivity index (χ0) is 52.5. The Morgan fingerprint density at radius 2 is 0.477 bits per heavy atom. The average molecular weight is 1690 g/mol. The van der Waals surface area contributed by atoms with Gasteiger partial charge in [-0.2, -0.15) is 0 Å². The molecule has 0 spiro atoms. The molecular weight excluding hydrogens is 1530 g/mol. The number of unbranched alkanes of at least 4 members (excludes halogenated alkanes) is 4. The Kier molecular flexibility index (Phi) is 78.0. The predicted molar refractivity (Wildman–Crippen MR) is 396 cm³/mol. The van der Waals surface area contributed by atoms with E-state index in [0.717, 1.165) is 148 Å². The average Bonchev–Trinajstić information content (AvgIpc) is 4.20. The molecule has 0 N–H and O–H groups in total. The van der Waals surface area contributed by atoms with Crippen LogP contribution in [-0.2, 0) is 77.5 Å². The summed E-state index contributed by atoms with van der Waals surface area (Å²) in [4.78, 5) is 0. The third-order valence-electron chi connectivity index (χ3n) is 23.7. The van der Waals surface area contributed by atoms with Crippen molar-refractivity contribution < 1.29 is 77.5 Å². The first-order valence-electron chi connectivity index (χ1n) is 31.8. The van der Waals surface area contributed by atoms with E-state index in [2.05, 4.69) is 204 Å². The summed E-state index contributed by atoms with van der Waals surface area (Å²) >= 11 is 0. The molecule has 0 radical (unpaired) electrons. The van der Waals surface area contributed by atoms with Gasteiger partial charge in [0.05, 0.1) is 0 Å². The molecule has 0 aliphatic heterocycles. The molecule has 6 fully saturated rings. The van der Waals surface area contributed by atoms with Gasteiger partial charge in [0.1, 0.15) is 0 Å². The monoisotopic (exact) mass is 1700 g/mol. The molecule has 0 heterocycles. The topological polar surface area (TPSA) is 0 Å². The first-order valence-corrected chi connectivity index (χ1v) is 31.8. The van der Waals surface area contributed by atoms with E-state index in [1.54, 1.807) is 0 Å². The van der Waals surface area contributed by atoms with E-state index >= 15 is 0 Å². The summed E-state index contributed by atoms with van der Waals surface area (Å²) < 4.78 is 0. The number of rotatable bonds is 10. The van der Waals surface area contributed by atoms with Crippen molar-refractivity contribution in [2.45, 2.75) is 228 Å². The normalized spacial score (nSPS) is 36.3. The van der Waals surface area contributed by atoms with Crippen LogP contribution in [0.1, 0.15) is 228 Å². The molecule has 9 rings (SSSR count). The maximum absolute atomic E-state index is 2.46. The van der Waals surface area contributed by atoms with Gasteiger partial charge in [0.15, 0.2) is 0 Å². The summed E-state index contributed by atoms with van der Waals surface area (Å²) in [7, 11) is 0. The molecule has 0 aromatic carbocycles. The van der Waals surface area contributed by atoms with Crippen LogP contribution in [-0.4, -0.2) is 0 Å². The van der Waals surface area contributed by atoms with Gasteiger partial charge in [0, 0.05) is 0 Å². The minimum atomic E-state index is 0. The Balaban J connectivity index is -0.0000000743. The van der Waals surface area contributed by atoms with Gasteiger partial charge in [-0.25, -0.2) is 0 Å². The molecule has 504 valence electrons. The molecule has 0 bridgehead atoms. The zero-order valence-electron chi connectivity index (χ0n) is 64.5. The van der Waals surface area contributed by atoms with Crippen LogP contribution in [0, 0.1) is 237 Å². The number of allylic oxidation sites excluding steroid dienone is 12. The summed E-state index contributed by atoms with van der Waals surface area (Å²) in [6.07, 6.45) is 49.5. The van der Waals surface area contributed by atoms with Crippen LogP contribution in [0.3, 0.4) is 0 Å². The first kappa shape index (κ1) is 114. The van der Waals surface area contributed by atoms with Crippen LogP contribution >= 0.6 is 0 Å². The van der Waals surface area contributed by atoms with E-state index in [9.17, 15) is 0 Å². The second-order valence-electron chi connectivity index (χ2n) is 27.6. The maximum atomic E-state index is 2.46. The summed E-state index contributed by atoms with van der Waals surface area (Å²) in [5.41, 5.74) is 0. The first-order chi connectivity index (χ1) is 33.8. The molecule has 0 saturated heterocycles. The van der Waals surface area contributed by atoms with Crippen molar-refractivity contribution in [1.82, 2.24) is 0 Å². The van der Waals surface area contributed by atoms with Crippen LogP contribution in [0.25, 0.3) is 0 Å². The molecule has 9 unspecified atom stereocenters. The van der Waals surface area contributed by atoms with Crippen molar-refractivity contribution >= 4 is 0 Å². The third kappa shape index (κ3) is 32.9. The fraction of sp³-hybridized carbons (Fsp3) is 0.711. The minimum Gasteiger partial charge on any atom is -0.358 e. The summed E-state index contributed by atoms with van der Waals surface area (Å²) in [6, 6.07) is 0. The Morgan fingerprint density at radius 1 is 0.267 bits per heavy atom. The van der Waals surface area contributed by atoms with Crippen LogP contribution in [0.5, 0.6) is 0 Å². The summed E-state index contributed by atoms with van der Waals surface area (Å²) in [5, 5.41) is 0. The van der Waals surface area contributed by atoms with E-state index in [-0.39, 0.29) is 167 Å². The molecule has 86 heavy (non-hydrogen) atoms. The third-order valence-corrected chi connectivity index (χ3v) is 23.7. The number of hydrogen-bond donors (Lipinski definition) is 0. The molecule has 9 aliphatic carbocycles. The predicted octanol–water partition coefficient (Wildman–Crippen LogP) is 27.4. The van der Waals surface area contributed by atoms with Gasteiger partial charge in [-0.3, -0.25) is 0 Å². The molecular formula is C83H160Hf3.